The monoisotopic (exact) mass is 251 g/mol. The maximum absolute atomic E-state index is 12.6. The van der Waals surface area contributed by atoms with Crippen molar-refractivity contribution in [3.05, 3.63) is 58.6 Å². The normalized spacial score (nSPS) is 10.3. The Labute approximate surface area is 104 Å². The van der Waals surface area contributed by atoms with Gasteiger partial charge >= 0.3 is 0 Å². The van der Waals surface area contributed by atoms with Crippen molar-refractivity contribution in [1.82, 2.24) is 4.98 Å². The predicted octanol–water partition coefficient (Wildman–Crippen LogP) is 3.76. The van der Waals surface area contributed by atoms with Crippen LogP contribution < -0.4 is 4.74 Å². The van der Waals surface area contributed by atoms with Gasteiger partial charge in [-0.1, -0.05) is 23.7 Å². The smallest absolute Gasteiger partial charge is 0.213 e. The van der Waals surface area contributed by atoms with Crippen LogP contribution in [0.15, 0.2) is 36.5 Å². The Morgan fingerprint density at radius 3 is 2.76 bits per heavy atom. The summed E-state index contributed by atoms with van der Waals surface area (Å²) in [6.45, 7) is 2.31. The quantitative estimate of drug-likeness (QED) is 0.775. The van der Waals surface area contributed by atoms with E-state index < -0.39 is 5.95 Å². The van der Waals surface area contributed by atoms with Crippen molar-refractivity contribution in [1.29, 1.82) is 0 Å². The van der Waals surface area contributed by atoms with E-state index in [1.54, 1.807) is 0 Å². The number of halogens is 2. The molecule has 2 aromatic rings. The van der Waals surface area contributed by atoms with Crippen molar-refractivity contribution in [2.24, 2.45) is 0 Å². The first kappa shape index (κ1) is 11.9. The lowest BCUT2D eigenvalue weighted by molar-refractivity contribution is 0.304. The number of aromatic nitrogens is 1. The first-order valence-electron chi connectivity index (χ1n) is 5.14. The van der Waals surface area contributed by atoms with Gasteiger partial charge in [-0.25, -0.2) is 4.98 Å². The second-order valence-electron chi connectivity index (χ2n) is 3.70. The number of rotatable bonds is 3. The third kappa shape index (κ3) is 3.17. The Hall–Kier alpha value is -1.61. The summed E-state index contributed by atoms with van der Waals surface area (Å²) in [5, 5.41) is 0.667. The van der Waals surface area contributed by atoms with E-state index in [1.165, 1.54) is 18.3 Å². The molecule has 2 rings (SSSR count). The molecule has 0 saturated heterocycles. The van der Waals surface area contributed by atoms with Gasteiger partial charge in [-0.05, 0) is 30.7 Å². The highest BCUT2D eigenvalue weighted by atomic mass is 35.5. The molecule has 0 N–H and O–H groups in total. The summed E-state index contributed by atoms with van der Waals surface area (Å²) in [4.78, 5) is 3.50. The average molecular weight is 252 g/mol. The van der Waals surface area contributed by atoms with Gasteiger partial charge in [0, 0.05) is 10.6 Å². The summed E-state index contributed by atoms with van der Waals surface area (Å²) < 4.78 is 18.0. The van der Waals surface area contributed by atoms with Gasteiger partial charge in [0.25, 0.3) is 0 Å². The van der Waals surface area contributed by atoms with Crippen molar-refractivity contribution >= 4 is 11.6 Å². The second-order valence-corrected chi connectivity index (χ2v) is 4.11. The Morgan fingerprint density at radius 2 is 2.12 bits per heavy atom. The first-order valence-corrected chi connectivity index (χ1v) is 5.52. The fraction of sp³-hybridized carbons (Fsp3) is 0.154. The fourth-order valence-corrected chi connectivity index (χ4v) is 1.67. The summed E-state index contributed by atoms with van der Waals surface area (Å²) >= 11 is 6.07. The van der Waals surface area contributed by atoms with Crippen LogP contribution >= 0.6 is 11.6 Å². The minimum absolute atomic E-state index is 0.340. The Morgan fingerprint density at radius 1 is 1.29 bits per heavy atom. The third-order valence-corrected chi connectivity index (χ3v) is 2.66. The van der Waals surface area contributed by atoms with Crippen LogP contribution in [-0.2, 0) is 6.61 Å². The molecule has 0 aliphatic rings. The maximum atomic E-state index is 12.6. The molecular formula is C13H11ClFNO. The number of hydrogen-bond acceptors (Lipinski definition) is 2. The topological polar surface area (TPSA) is 22.1 Å². The molecule has 0 saturated carbocycles. The highest BCUT2D eigenvalue weighted by Crippen LogP contribution is 2.19. The van der Waals surface area contributed by atoms with E-state index in [-0.39, 0.29) is 0 Å². The lowest BCUT2D eigenvalue weighted by atomic mass is 10.2. The van der Waals surface area contributed by atoms with Crippen LogP contribution in [0.5, 0.6) is 5.75 Å². The van der Waals surface area contributed by atoms with Crippen molar-refractivity contribution in [2.45, 2.75) is 13.5 Å². The molecule has 17 heavy (non-hydrogen) atoms. The summed E-state index contributed by atoms with van der Waals surface area (Å²) in [6.07, 6.45) is 1.34. The summed E-state index contributed by atoms with van der Waals surface area (Å²) in [5.74, 6) is -0.00578. The minimum Gasteiger partial charge on any atom is -0.487 e. The predicted molar refractivity (Wildman–Crippen MR) is 64.7 cm³/mol. The molecule has 1 aromatic heterocycles. The molecule has 1 aromatic carbocycles. The molecule has 2 nitrogen and oxygen atoms in total. The van der Waals surface area contributed by atoms with Crippen molar-refractivity contribution in [2.75, 3.05) is 0 Å². The molecule has 0 bridgehead atoms. The van der Waals surface area contributed by atoms with Gasteiger partial charge in [0.1, 0.15) is 12.4 Å². The molecule has 1 heterocycles. The molecule has 0 unspecified atom stereocenters. The van der Waals surface area contributed by atoms with Gasteiger partial charge in [-0.3, -0.25) is 0 Å². The molecule has 4 heteroatoms. The zero-order valence-electron chi connectivity index (χ0n) is 9.28. The van der Waals surface area contributed by atoms with Gasteiger partial charge in [0.05, 0.1) is 6.20 Å². The molecule has 0 radical (unpaired) electrons. The van der Waals surface area contributed by atoms with Crippen molar-refractivity contribution in [3.63, 3.8) is 0 Å². The van der Waals surface area contributed by atoms with E-state index >= 15 is 0 Å². The van der Waals surface area contributed by atoms with Gasteiger partial charge in [-0.15, -0.1) is 0 Å². The van der Waals surface area contributed by atoms with E-state index in [2.05, 4.69) is 4.98 Å². The van der Waals surface area contributed by atoms with E-state index in [0.717, 1.165) is 11.1 Å². The van der Waals surface area contributed by atoms with Gasteiger partial charge < -0.3 is 4.74 Å². The summed E-state index contributed by atoms with van der Waals surface area (Å²) in [6, 6.07) is 8.54. The molecule has 0 spiro atoms. The Bertz CT molecular complexity index is 513. The molecule has 0 aliphatic carbocycles. The molecule has 88 valence electrons. The van der Waals surface area contributed by atoms with E-state index in [0.29, 0.717) is 17.4 Å². The molecular weight excluding hydrogens is 241 g/mol. The second kappa shape index (κ2) is 5.15. The van der Waals surface area contributed by atoms with Gasteiger partial charge in [0.15, 0.2) is 0 Å². The lowest BCUT2D eigenvalue weighted by Gasteiger charge is -2.07. The zero-order valence-corrected chi connectivity index (χ0v) is 10.0. The number of pyridine rings is 1. The number of benzene rings is 1. The van der Waals surface area contributed by atoms with Crippen LogP contribution in [0.25, 0.3) is 0 Å². The number of ether oxygens (including phenoxy) is 1. The molecule has 0 fully saturated rings. The largest absolute Gasteiger partial charge is 0.487 e. The SMILES string of the molecule is Cc1ccc(COc2ccc(F)nc2)c(Cl)c1. The van der Waals surface area contributed by atoms with Crippen LogP contribution in [0.2, 0.25) is 5.02 Å². The van der Waals surface area contributed by atoms with Crippen molar-refractivity contribution < 1.29 is 9.13 Å². The Kier molecular flexibility index (Phi) is 3.59. The van der Waals surface area contributed by atoms with Gasteiger partial charge in [0.2, 0.25) is 5.95 Å². The van der Waals surface area contributed by atoms with E-state index in [1.807, 2.05) is 25.1 Å². The highest BCUT2D eigenvalue weighted by molar-refractivity contribution is 6.31. The van der Waals surface area contributed by atoms with E-state index in [9.17, 15) is 4.39 Å². The van der Waals surface area contributed by atoms with Crippen LogP contribution in [0, 0.1) is 12.9 Å². The summed E-state index contributed by atoms with van der Waals surface area (Å²) in [7, 11) is 0. The summed E-state index contributed by atoms with van der Waals surface area (Å²) in [5.41, 5.74) is 1.99. The highest BCUT2D eigenvalue weighted by Gasteiger charge is 2.02. The number of aryl methyl sites for hydroxylation is 1. The number of nitrogens with zero attached hydrogens (tertiary/aromatic N) is 1. The molecule has 0 atom stereocenters. The minimum atomic E-state index is -0.522. The van der Waals surface area contributed by atoms with Crippen LogP contribution in [0.4, 0.5) is 4.39 Å². The first-order chi connectivity index (χ1) is 8.15. The van der Waals surface area contributed by atoms with Crippen LogP contribution in [0.3, 0.4) is 0 Å². The third-order valence-electron chi connectivity index (χ3n) is 2.30. The zero-order chi connectivity index (χ0) is 12.3. The van der Waals surface area contributed by atoms with Crippen molar-refractivity contribution in [3.8, 4) is 5.75 Å². The Balaban J connectivity index is 2.04. The fourth-order valence-electron chi connectivity index (χ4n) is 1.38. The molecule has 0 amide bonds. The maximum Gasteiger partial charge on any atom is 0.213 e. The van der Waals surface area contributed by atoms with Crippen LogP contribution in [-0.4, -0.2) is 4.98 Å². The average Bonchev–Trinajstić information content (AvgIpc) is 2.30. The lowest BCUT2D eigenvalue weighted by Crippen LogP contribution is -1.97. The van der Waals surface area contributed by atoms with Crippen LogP contribution in [0.1, 0.15) is 11.1 Å². The number of hydrogen-bond donors (Lipinski definition) is 0. The van der Waals surface area contributed by atoms with Gasteiger partial charge in [-0.2, -0.15) is 4.39 Å². The molecule has 0 aliphatic heterocycles. The van der Waals surface area contributed by atoms with E-state index in [4.69, 9.17) is 16.3 Å². The standard InChI is InChI=1S/C13H11ClFNO/c1-9-2-3-10(12(14)6-9)8-17-11-4-5-13(15)16-7-11/h2-7H,8H2,1H3.